The van der Waals surface area contributed by atoms with Gasteiger partial charge in [0.05, 0.1) is 17.1 Å². The molecule has 3 aromatic carbocycles. The molecule has 7 rings (SSSR count). The first-order chi connectivity index (χ1) is 18.7. The molecule has 0 fully saturated rings. The molecule has 3 aliphatic rings. The lowest BCUT2D eigenvalue weighted by atomic mass is 9.76. The maximum absolute atomic E-state index is 14.0. The number of hydrogen-bond acceptors (Lipinski definition) is 4. The van der Waals surface area contributed by atoms with Crippen molar-refractivity contribution in [1.29, 1.82) is 0 Å². The van der Waals surface area contributed by atoms with E-state index >= 15 is 0 Å². The summed E-state index contributed by atoms with van der Waals surface area (Å²) in [5.41, 5.74) is 8.43. The zero-order chi connectivity index (χ0) is 27.1. The van der Waals surface area contributed by atoms with Crippen LogP contribution in [0.1, 0.15) is 74.6 Å². The Labute approximate surface area is 228 Å². The van der Waals surface area contributed by atoms with Gasteiger partial charge in [0, 0.05) is 36.0 Å². The first kappa shape index (κ1) is 24.1. The number of hydrogen-bond donors (Lipinski definition) is 1. The highest BCUT2D eigenvalue weighted by Gasteiger charge is 2.41. The molecule has 1 aromatic heterocycles. The lowest BCUT2D eigenvalue weighted by Gasteiger charge is -2.46. The van der Waals surface area contributed by atoms with Crippen LogP contribution in [0.2, 0.25) is 0 Å². The minimum atomic E-state index is -0.263. The number of allylic oxidation sites excluding steroid dienone is 2. The van der Waals surface area contributed by atoms with E-state index in [9.17, 15) is 9.18 Å². The summed E-state index contributed by atoms with van der Waals surface area (Å²) in [6.45, 7) is 6.90. The number of aromatic nitrogens is 2. The van der Waals surface area contributed by atoms with E-state index in [1.165, 1.54) is 23.4 Å². The fourth-order valence-electron chi connectivity index (χ4n) is 7.08. The molecule has 4 aromatic rings. The summed E-state index contributed by atoms with van der Waals surface area (Å²) < 4.78 is 15.8. The highest BCUT2D eigenvalue weighted by atomic mass is 19.1. The number of Topliss-reactive ketones (excluding diaryl/α,β-unsaturated/α-hetero) is 1. The molecule has 0 amide bonds. The molecule has 1 N–H and O–H groups in total. The molecule has 39 heavy (non-hydrogen) atoms. The largest absolute Gasteiger partial charge is 0.369 e. The smallest absolute Gasteiger partial charge is 0.209 e. The normalized spacial score (nSPS) is 23.8. The number of carbonyl (C=O) groups excluding carboxylic acids is 1. The van der Waals surface area contributed by atoms with Crippen molar-refractivity contribution in [2.24, 2.45) is 0 Å². The first-order valence-electron chi connectivity index (χ1n) is 13.8. The number of anilines is 2. The molecule has 0 spiro atoms. The van der Waals surface area contributed by atoms with E-state index in [-0.39, 0.29) is 29.1 Å². The SMILES string of the molecule is CC1CC(C)(C)N(C)c2ccc(C3C4=C(CC(c5ccc(F)cc5)CC4=O)Nc4nc5ccccc5n43)cc21. The van der Waals surface area contributed by atoms with Crippen LogP contribution in [-0.2, 0) is 4.79 Å². The van der Waals surface area contributed by atoms with Crippen molar-refractivity contribution in [2.45, 2.75) is 63.5 Å². The van der Waals surface area contributed by atoms with Gasteiger partial charge in [0.15, 0.2) is 5.78 Å². The van der Waals surface area contributed by atoms with E-state index in [0.717, 1.165) is 45.8 Å². The van der Waals surface area contributed by atoms with Gasteiger partial charge in [0.2, 0.25) is 5.95 Å². The van der Waals surface area contributed by atoms with Crippen LogP contribution in [0.15, 0.2) is 78.0 Å². The Balaban J connectivity index is 1.39. The fourth-order valence-corrected chi connectivity index (χ4v) is 7.08. The molecule has 0 saturated heterocycles. The number of nitrogens with zero attached hydrogens (tertiary/aromatic N) is 3. The maximum Gasteiger partial charge on any atom is 0.209 e. The third-order valence-electron chi connectivity index (χ3n) is 9.21. The molecular formula is C33H33FN4O. The van der Waals surface area contributed by atoms with Crippen molar-refractivity contribution in [3.8, 4) is 0 Å². The Kier molecular flexibility index (Phi) is 5.28. The average molecular weight is 521 g/mol. The van der Waals surface area contributed by atoms with Crippen LogP contribution in [0.25, 0.3) is 11.0 Å². The highest BCUT2D eigenvalue weighted by molar-refractivity contribution is 6.01. The van der Waals surface area contributed by atoms with E-state index in [1.807, 2.05) is 18.2 Å². The van der Waals surface area contributed by atoms with Crippen molar-refractivity contribution in [2.75, 3.05) is 17.3 Å². The Bertz CT molecular complexity index is 1670. The van der Waals surface area contributed by atoms with Crippen molar-refractivity contribution < 1.29 is 9.18 Å². The molecule has 3 heterocycles. The quantitative estimate of drug-likeness (QED) is 0.301. The van der Waals surface area contributed by atoms with Gasteiger partial charge in [-0.2, -0.15) is 0 Å². The molecule has 3 atom stereocenters. The van der Waals surface area contributed by atoms with E-state index in [4.69, 9.17) is 4.98 Å². The fraction of sp³-hybridized carbons (Fsp3) is 0.333. The van der Waals surface area contributed by atoms with Crippen molar-refractivity contribution >= 4 is 28.5 Å². The van der Waals surface area contributed by atoms with Crippen LogP contribution in [0.3, 0.4) is 0 Å². The topological polar surface area (TPSA) is 50.2 Å². The zero-order valence-electron chi connectivity index (χ0n) is 22.8. The van der Waals surface area contributed by atoms with Gasteiger partial charge in [-0.3, -0.25) is 9.36 Å². The molecular weight excluding hydrogens is 487 g/mol. The number of halogens is 1. The number of rotatable bonds is 2. The second-order valence-electron chi connectivity index (χ2n) is 12.1. The van der Waals surface area contributed by atoms with Crippen molar-refractivity contribution in [3.63, 3.8) is 0 Å². The summed E-state index contributed by atoms with van der Waals surface area (Å²) in [7, 11) is 2.18. The summed E-state index contributed by atoms with van der Waals surface area (Å²) >= 11 is 0. The molecule has 3 unspecified atom stereocenters. The number of fused-ring (bicyclic) bond motifs is 4. The second kappa shape index (κ2) is 8.54. The lowest BCUT2D eigenvalue weighted by Crippen LogP contribution is -2.45. The number of ketones is 1. The monoisotopic (exact) mass is 520 g/mol. The summed E-state index contributed by atoms with van der Waals surface area (Å²) in [5, 5.41) is 3.55. The summed E-state index contributed by atoms with van der Waals surface area (Å²) in [6.07, 6.45) is 2.16. The van der Waals surface area contributed by atoms with Gasteiger partial charge in [-0.1, -0.05) is 43.3 Å². The van der Waals surface area contributed by atoms with Crippen LogP contribution in [-0.4, -0.2) is 27.9 Å². The Morgan fingerprint density at radius 3 is 2.54 bits per heavy atom. The highest BCUT2D eigenvalue weighted by Crippen LogP contribution is 2.48. The molecule has 6 heteroatoms. The van der Waals surface area contributed by atoms with Gasteiger partial charge in [-0.05, 0) is 85.5 Å². The minimum absolute atomic E-state index is 0.000338. The van der Waals surface area contributed by atoms with Gasteiger partial charge < -0.3 is 10.2 Å². The predicted octanol–water partition coefficient (Wildman–Crippen LogP) is 7.31. The van der Waals surface area contributed by atoms with Gasteiger partial charge in [-0.25, -0.2) is 9.37 Å². The van der Waals surface area contributed by atoms with Gasteiger partial charge in [0.1, 0.15) is 5.82 Å². The average Bonchev–Trinajstić information content (AvgIpc) is 3.28. The molecule has 0 saturated carbocycles. The first-order valence-corrected chi connectivity index (χ1v) is 13.8. The molecule has 2 aliphatic heterocycles. The standard InChI is InChI=1S/C33H33FN4O/c1-19-18-33(2,3)37(4)27-14-11-21(15-24(19)27)31-30-26(36-32-35-25-7-5-6-8-28(25)38(31)32)16-22(17-29(30)39)20-9-12-23(34)13-10-20/h5-15,19,22,31H,16-18H2,1-4H3,(H,35,36). The van der Waals surface area contributed by atoms with Crippen molar-refractivity contribution in [3.05, 3.63) is 101 Å². The molecule has 5 nitrogen and oxygen atoms in total. The lowest BCUT2D eigenvalue weighted by molar-refractivity contribution is -0.116. The Hall–Kier alpha value is -3.93. The number of para-hydroxylation sites is 2. The van der Waals surface area contributed by atoms with Crippen LogP contribution < -0.4 is 10.2 Å². The van der Waals surface area contributed by atoms with Crippen LogP contribution in [0.5, 0.6) is 0 Å². The molecule has 198 valence electrons. The summed E-state index contributed by atoms with van der Waals surface area (Å²) in [5.74, 6) is 1.04. The number of nitrogens with one attached hydrogen (secondary N) is 1. The van der Waals surface area contributed by atoms with Crippen molar-refractivity contribution in [1.82, 2.24) is 9.55 Å². The van der Waals surface area contributed by atoms with Gasteiger partial charge in [0.25, 0.3) is 0 Å². The minimum Gasteiger partial charge on any atom is -0.369 e. The molecule has 1 aliphatic carbocycles. The van der Waals surface area contributed by atoms with Gasteiger partial charge in [-0.15, -0.1) is 0 Å². The number of benzene rings is 3. The number of imidazole rings is 1. The van der Waals surface area contributed by atoms with E-state index in [1.54, 1.807) is 12.1 Å². The molecule has 0 radical (unpaired) electrons. The van der Waals surface area contributed by atoms with E-state index in [2.05, 4.69) is 66.9 Å². The van der Waals surface area contributed by atoms with E-state index in [0.29, 0.717) is 18.8 Å². The third kappa shape index (κ3) is 3.72. The van der Waals surface area contributed by atoms with E-state index < -0.39 is 0 Å². The Morgan fingerprint density at radius 1 is 1.00 bits per heavy atom. The number of carbonyl (C=O) groups is 1. The van der Waals surface area contributed by atoms with Crippen LogP contribution in [0.4, 0.5) is 16.0 Å². The summed E-state index contributed by atoms with van der Waals surface area (Å²) in [4.78, 5) is 21.3. The summed E-state index contributed by atoms with van der Waals surface area (Å²) in [6, 6.07) is 21.2. The molecule has 0 bridgehead atoms. The van der Waals surface area contributed by atoms with Gasteiger partial charge >= 0.3 is 0 Å². The maximum atomic E-state index is 14.0. The second-order valence-corrected chi connectivity index (χ2v) is 12.1. The Morgan fingerprint density at radius 2 is 1.74 bits per heavy atom. The zero-order valence-corrected chi connectivity index (χ0v) is 22.8. The third-order valence-corrected chi connectivity index (χ3v) is 9.21. The van der Waals surface area contributed by atoms with Crippen LogP contribution in [0, 0.1) is 5.82 Å². The predicted molar refractivity (Wildman–Crippen MR) is 154 cm³/mol. The van der Waals surface area contributed by atoms with Crippen LogP contribution >= 0.6 is 0 Å².